The normalized spacial score (nSPS) is 36.2. The third-order valence-corrected chi connectivity index (χ3v) is 2.50. The highest BCUT2D eigenvalue weighted by molar-refractivity contribution is 5.84. The van der Waals surface area contributed by atoms with Crippen LogP contribution in [0.3, 0.4) is 0 Å². The van der Waals surface area contributed by atoms with Crippen LogP contribution in [0.25, 0.3) is 5.53 Å². The Morgan fingerprint density at radius 3 is 3.20 bits per heavy atom. The Balaban J connectivity index is 2.29. The quantitative estimate of drug-likeness (QED) is 0.274. The van der Waals surface area contributed by atoms with Crippen LogP contribution >= 0.6 is 0 Å². The van der Waals surface area contributed by atoms with E-state index in [1.165, 1.54) is 12.8 Å². The summed E-state index contributed by atoms with van der Waals surface area (Å²) in [6.45, 7) is 0. The summed E-state index contributed by atoms with van der Waals surface area (Å²) in [5.74, 6) is 1.24. The lowest BCUT2D eigenvalue weighted by atomic mass is 9.86. The molecular weight excluding hydrogens is 124 g/mol. The van der Waals surface area contributed by atoms with E-state index in [2.05, 4.69) is 16.9 Å². The Morgan fingerprint density at radius 2 is 2.40 bits per heavy atom. The van der Waals surface area contributed by atoms with Gasteiger partial charge in [0.15, 0.2) is 0 Å². The SMILES string of the molecule is [N-]=[N+]=C1CCC2C=CC1C2. The van der Waals surface area contributed by atoms with Crippen molar-refractivity contribution in [3.63, 3.8) is 0 Å². The van der Waals surface area contributed by atoms with E-state index in [-0.39, 0.29) is 0 Å². The number of hydrogen-bond acceptors (Lipinski definition) is 0. The minimum absolute atomic E-state index is 0.462. The van der Waals surface area contributed by atoms with Gasteiger partial charge in [-0.2, -0.15) is 4.79 Å². The van der Waals surface area contributed by atoms with E-state index < -0.39 is 0 Å². The molecule has 2 nitrogen and oxygen atoms in total. The Labute approximate surface area is 60.2 Å². The topological polar surface area (TPSA) is 36.4 Å². The zero-order valence-electron chi connectivity index (χ0n) is 5.83. The summed E-state index contributed by atoms with van der Waals surface area (Å²) in [7, 11) is 0. The van der Waals surface area contributed by atoms with Crippen LogP contribution in [0.2, 0.25) is 0 Å². The molecule has 0 aromatic rings. The molecule has 2 heteroatoms. The Hall–Kier alpha value is -0.880. The van der Waals surface area contributed by atoms with Crippen molar-refractivity contribution in [2.24, 2.45) is 11.8 Å². The molecule has 0 radical (unpaired) electrons. The van der Waals surface area contributed by atoms with Gasteiger partial charge in [-0.3, -0.25) is 0 Å². The second-order valence-corrected chi connectivity index (χ2v) is 3.12. The standard InChI is InChI=1S/C8H10N2/c9-10-8-4-2-6-1-3-7(8)5-6/h1,3,6-7H,2,4-5H2. The average Bonchev–Trinajstić information content (AvgIpc) is 2.34. The molecule has 2 bridgehead atoms. The molecule has 2 aliphatic carbocycles. The lowest BCUT2D eigenvalue weighted by Gasteiger charge is -2.13. The van der Waals surface area contributed by atoms with Crippen LogP contribution < -0.4 is 0 Å². The van der Waals surface area contributed by atoms with Crippen molar-refractivity contribution in [3.05, 3.63) is 17.7 Å². The van der Waals surface area contributed by atoms with Crippen molar-refractivity contribution >= 4 is 5.71 Å². The summed E-state index contributed by atoms with van der Waals surface area (Å²) in [6, 6.07) is 0. The van der Waals surface area contributed by atoms with Crippen LogP contribution in [0.4, 0.5) is 0 Å². The molecule has 2 unspecified atom stereocenters. The summed E-state index contributed by atoms with van der Waals surface area (Å²) in [5, 5.41) is 0. The van der Waals surface area contributed by atoms with Gasteiger partial charge in [0.05, 0.1) is 5.92 Å². The Morgan fingerprint density at radius 1 is 1.50 bits per heavy atom. The third-order valence-electron chi connectivity index (χ3n) is 2.50. The van der Waals surface area contributed by atoms with E-state index in [4.69, 9.17) is 5.53 Å². The van der Waals surface area contributed by atoms with Gasteiger partial charge in [0, 0.05) is 6.42 Å². The van der Waals surface area contributed by atoms with Gasteiger partial charge in [0.1, 0.15) is 0 Å². The molecule has 1 fully saturated rings. The van der Waals surface area contributed by atoms with Crippen molar-refractivity contribution in [2.75, 3.05) is 0 Å². The lowest BCUT2D eigenvalue weighted by molar-refractivity contribution is -0.0167. The molecule has 2 aliphatic rings. The molecule has 0 N–H and O–H groups in total. The van der Waals surface area contributed by atoms with Crippen molar-refractivity contribution in [2.45, 2.75) is 19.3 Å². The van der Waals surface area contributed by atoms with Gasteiger partial charge >= 0.3 is 0 Å². The van der Waals surface area contributed by atoms with Crippen molar-refractivity contribution < 1.29 is 4.79 Å². The predicted molar refractivity (Wildman–Crippen MR) is 38.6 cm³/mol. The van der Waals surface area contributed by atoms with Crippen LogP contribution in [0.1, 0.15) is 19.3 Å². The van der Waals surface area contributed by atoms with Gasteiger partial charge in [-0.15, -0.1) is 0 Å². The summed E-state index contributed by atoms with van der Waals surface area (Å²) >= 11 is 0. The van der Waals surface area contributed by atoms with Crippen molar-refractivity contribution in [3.8, 4) is 0 Å². The predicted octanol–water partition coefficient (Wildman–Crippen LogP) is 1.64. The van der Waals surface area contributed by atoms with E-state index in [1.54, 1.807) is 0 Å². The maximum atomic E-state index is 8.57. The molecule has 2 atom stereocenters. The van der Waals surface area contributed by atoms with Gasteiger partial charge in [0.2, 0.25) is 0 Å². The first-order valence-corrected chi connectivity index (χ1v) is 3.79. The number of nitrogens with zero attached hydrogens (tertiary/aromatic N) is 2. The van der Waals surface area contributed by atoms with Crippen LogP contribution in [0, 0.1) is 11.8 Å². The molecule has 2 rings (SSSR count). The largest absolute Gasteiger partial charge is 0.362 e. The fourth-order valence-corrected chi connectivity index (χ4v) is 1.88. The second-order valence-electron chi connectivity index (χ2n) is 3.12. The molecule has 0 spiro atoms. The molecule has 0 heterocycles. The number of allylic oxidation sites excluding steroid dienone is 2. The highest BCUT2D eigenvalue weighted by atomic mass is 14.9. The van der Waals surface area contributed by atoms with Crippen molar-refractivity contribution in [1.82, 2.24) is 0 Å². The summed E-state index contributed by atoms with van der Waals surface area (Å²) in [6.07, 6.45) is 7.76. The van der Waals surface area contributed by atoms with Crippen LogP contribution in [0.5, 0.6) is 0 Å². The highest BCUT2D eigenvalue weighted by Crippen LogP contribution is 2.33. The van der Waals surface area contributed by atoms with Gasteiger partial charge in [0.25, 0.3) is 5.71 Å². The van der Waals surface area contributed by atoms with Crippen LogP contribution in [-0.4, -0.2) is 10.5 Å². The van der Waals surface area contributed by atoms with Gasteiger partial charge in [-0.1, -0.05) is 12.2 Å². The third kappa shape index (κ3) is 0.729. The first-order chi connectivity index (χ1) is 4.90. The number of rotatable bonds is 0. The lowest BCUT2D eigenvalue weighted by Crippen LogP contribution is -2.18. The Bertz CT molecular complexity index is 223. The minimum Gasteiger partial charge on any atom is -0.362 e. The monoisotopic (exact) mass is 134 g/mol. The molecule has 0 aliphatic heterocycles. The first-order valence-electron chi connectivity index (χ1n) is 3.79. The van der Waals surface area contributed by atoms with E-state index in [0.717, 1.165) is 18.1 Å². The molecule has 0 amide bonds. The van der Waals surface area contributed by atoms with E-state index in [1.807, 2.05) is 0 Å². The van der Waals surface area contributed by atoms with Gasteiger partial charge in [-0.05, 0) is 18.8 Å². The summed E-state index contributed by atoms with van der Waals surface area (Å²) in [4.78, 5) is 3.29. The molecule has 10 heavy (non-hydrogen) atoms. The number of hydrogen-bond donors (Lipinski definition) is 0. The Kier molecular flexibility index (Phi) is 1.21. The zero-order chi connectivity index (χ0) is 6.97. The summed E-state index contributed by atoms with van der Waals surface area (Å²) in [5.41, 5.74) is 9.54. The highest BCUT2D eigenvalue weighted by Gasteiger charge is 2.33. The molecule has 1 saturated carbocycles. The second kappa shape index (κ2) is 2.06. The van der Waals surface area contributed by atoms with E-state index in [0.29, 0.717) is 5.92 Å². The molecular formula is C8H10N2. The fraction of sp³-hybridized carbons (Fsp3) is 0.625. The molecule has 0 aromatic heterocycles. The molecule has 0 aromatic carbocycles. The van der Waals surface area contributed by atoms with Crippen LogP contribution in [-0.2, 0) is 0 Å². The minimum atomic E-state index is 0.462. The maximum Gasteiger partial charge on any atom is 0.275 e. The molecule has 52 valence electrons. The van der Waals surface area contributed by atoms with Crippen LogP contribution in [0.15, 0.2) is 12.2 Å². The first kappa shape index (κ1) is 5.87. The molecule has 0 saturated heterocycles. The average molecular weight is 134 g/mol. The van der Waals surface area contributed by atoms with E-state index >= 15 is 0 Å². The maximum absolute atomic E-state index is 8.57. The van der Waals surface area contributed by atoms with Gasteiger partial charge < -0.3 is 5.53 Å². The van der Waals surface area contributed by atoms with Crippen molar-refractivity contribution in [1.29, 1.82) is 0 Å². The zero-order valence-corrected chi connectivity index (χ0v) is 5.83. The number of fused-ring (bicyclic) bond motifs is 2. The van der Waals surface area contributed by atoms with E-state index in [9.17, 15) is 0 Å². The van der Waals surface area contributed by atoms with Gasteiger partial charge in [-0.25, -0.2) is 0 Å². The fourth-order valence-electron chi connectivity index (χ4n) is 1.88. The summed E-state index contributed by atoms with van der Waals surface area (Å²) < 4.78 is 0. The smallest absolute Gasteiger partial charge is 0.275 e.